The van der Waals surface area contributed by atoms with Gasteiger partial charge < -0.3 is 49.7 Å². The molecule has 0 radical (unpaired) electrons. The number of ether oxygens (including phenoxy) is 3. The Bertz CT molecular complexity index is 1290. The molecule has 6 N–H and O–H groups in total. The average Bonchev–Trinajstić information content (AvgIpc) is 3.26. The molecule has 12 nitrogen and oxygen atoms in total. The van der Waals surface area contributed by atoms with Crippen molar-refractivity contribution in [2.45, 2.75) is 61.4 Å². The quantitative estimate of drug-likeness (QED) is 0.183. The third-order valence-electron chi connectivity index (χ3n) is 7.91. The summed E-state index contributed by atoms with van der Waals surface area (Å²) < 4.78 is 17.9. The normalized spacial score (nSPS) is 25.2. The highest BCUT2D eigenvalue weighted by Crippen LogP contribution is 2.55. The van der Waals surface area contributed by atoms with Crippen molar-refractivity contribution in [1.82, 2.24) is 4.90 Å². The number of esters is 1. The van der Waals surface area contributed by atoms with Crippen LogP contribution in [0.5, 0.6) is 11.5 Å². The lowest BCUT2D eigenvalue weighted by Crippen LogP contribution is -2.48. The Morgan fingerprint density at radius 2 is 1.81 bits per heavy atom. The molecule has 7 atom stereocenters. The Labute approximate surface area is 243 Å². The third kappa shape index (κ3) is 6.28. The van der Waals surface area contributed by atoms with Crippen molar-refractivity contribution < 1.29 is 54.4 Å². The first-order chi connectivity index (χ1) is 20.0. The zero-order valence-electron chi connectivity index (χ0n) is 23.4. The van der Waals surface area contributed by atoms with Gasteiger partial charge in [-0.2, -0.15) is 0 Å². The molecule has 0 bridgehead atoms. The SMILES string of the molecule is COc1ccc2c3c1O[C@H]1C[C@@H](OC(=O)c4ccccc4)C=C[C@@]31CCN(C)C2.O=C(O)C(O)C(O)C(O)C(O)CO. The number of carboxylic acid groups (broad SMARTS) is 1. The molecule has 1 spiro atoms. The summed E-state index contributed by atoms with van der Waals surface area (Å²) in [5, 5.41) is 51.8. The molecule has 0 fully saturated rings. The number of aliphatic hydroxyl groups excluding tert-OH is 5. The van der Waals surface area contributed by atoms with Crippen molar-refractivity contribution in [3.63, 3.8) is 0 Å². The molecular weight excluding hydrogens is 550 g/mol. The minimum Gasteiger partial charge on any atom is -0.493 e. The Morgan fingerprint density at radius 1 is 1.10 bits per heavy atom. The molecule has 3 aliphatic rings. The van der Waals surface area contributed by atoms with E-state index in [0.717, 1.165) is 31.0 Å². The maximum Gasteiger partial charge on any atom is 0.338 e. The van der Waals surface area contributed by atoms with Gasteiger partial charge in [-0.15, -0.1) is 0 Å². The van der Waals surface area contributed by atoms with Crippen LogP contribution in [0, 0.1) is 0 Å². The number of methoxy groups -OCH3 is 1. The second-order valence-electron chi connectivity index (χ2n) is 10.7. The van der Waals surface area contributed by atoms with Gasteiger partial charge in [-0.1, -0.05) is 30.3 Å². The van der Waals surface area contributed by atoms with Crippen LogP contribution < -0.4 is 9.47 Å². The highest BCUT2D eigenvalue weighted by molar-refractivity contribution is 5.89. The Balaban J connectivity index is 0.000000266. The van der Waals surface area contributed by atoms with Crippen LogP contribution in [0.2, 0.25) is 0 Å². The molecule has 0 saturated heterocycles. The highest BCUT2D eigenvalue weighted by Gasteiger charge is 2.53. The van der Waals surface area contributed by atoms with E-state index in [1.54, 1.807) is 19.2 Å². The van der Waals surface area contributed by atoms with Gasteiger partial charge in [0.25, 0.3) is 0 Å². The van der Waals surface area contributed by atoms with Gasteiger partial charge in [0, 0.05) is 18.5 Å². The smallest absolute Gasteiger partial charge is 0.338 e. The molecule has 0 aromatic heterocycles. The predicted molar refractivity (Wildman–Crippen MR) is 148 cm³/mol. The van der Waals surface area contributed by atoms with E-state index < -0.39 is 37.0 Å². The lowest BCUT2D eigenvalue weighted by atomic mass is 9.69. The number of carbonyl (C=O) groups is 2. The fraction of sp³-hybridized carbons (Fsp3) is 0.467. The number of aliphatic hydroxyl groups is 5. The summed E-state index contributed by atoms with van der Waals surface area (Å²) in [5.74, 6) is -0.402. The first-order valence-corrected chi connectivity index (χ1v) is 13.6. The molecule has 42 heavy (non-hydrogen) atoms. The Hall–Kier alpha value is -3.52. The lowest BCUT2D eigenvalue weighted by Gasteiger charge is -2.36. The van der Waals surface area contributed by atoms with Gasteiger partial charge in [0.2, 0.25) is 0 Å². The van der Waals surface area contributed by atoms with Crippen molar-refractivity contribution in [2.24, 2.45) is 0 Å². The summed E-state index contributed by atoms with van der Waals surface area (Å²) in [6, 6.07) is 13.3. The van der Waals surface area contributed by atoms with Crippen LogP contribution in [0.4, 0.5) is 0 Å². The minimum atomic E-state index is -2.20. The summed E-state index contributed by atoms with van der Waals surface area (Å²) in [6.07, 6.45) is -2.34. The van der Waals surface area contributed by atoms with Crippen molar-refractivity contribution in [3.05, 3.63) is 71.3 Å². The Kier molecular flexibility index (Phi) is 9.87. The number of nitrogens with zero attached hydrogens (tertiary/aromatic N) is 1. The molecule has 0 amide bonds. The van der Waals surface area contributed by atoms with Gasteiger partial charge in [0.05, 0.1) is 24.7 Å². The second kappa shape index (κ2) is 13.2. The van der Waals surface area contributed by atoms with Crippen LogP contribution in [0.1, 0.15) is 34.3 Å². The molecule has 5 rings (SSSR count). The molecular formula is C30H37NO11. The van der Waals surface area contributed by atoms with E-state index >= 15 is 0 Å². The zero-order chi connectivity index (χ0) is 30.6. The van der Waals surface area contributed by atoms with E-state index in [2.05, 4.69) is 24.1 Å². The summed E-state index contributed by atoms with van der Waals surface area (Å²) in [6.45, 7) is 1.03. The standard InChI is InChI=1S/C24H25NO4.C6H12O7/c1-25-13-12-24-11-10-18(28-23(26)16-6-4-3-5-7-16)14-20(24)29-22-19(27-2)9-8-17(15-25)21(22)24;7-1-2(8)3(9)4(10)5(11)6(12)13/h3-11,18,20H,12-15H2,1-2H3;2-5,7-11H,1H2,(H,12,13)/t18-,20-,24-;/m0./s1. The molecule has 1 aliphatic carbocycles. The van der Waals surface area contributed by atoms with Crippen LogP contribution >= 0.6 is 0 Å². The summed E-state index contributed by atoms with van der Waals surface area (Å²) >= 11 is 0. The van der Waals surface area contributed by atoms with Gasteiger partial charge in [-0.05, 0) is 49.9 Å². The third-order valence-corrected chi connectivity index (χ3v) is 7.91. The monoisotopic (exact) mass is 587 g/mol. The van der Waals surface area contributed by atoms with Gasteiger partial charge in [0.1, 0.15) is 30.5 Å². The van der Waals surface area contributed by atoms with E-state index in [9.17, 15) is 9.59 Å². The number of benzene rings is 2. The number of rotatable bonds is 8. The molecule has 12 heteroatoms. The number of carbonyl (C=O) groups excluding carboxylic acids is 1. The molecule has 4 unspecified atom stereocenters. The predicted octanol–water partition coefficient (Wildman–Crippen LogP) is 0.222. The van der Waals surface area contributed by atoms with Gasteiger partial charge in [-0.25, -0.2) is 9.59 Å². The van der Waals surface area contributed by atoms with Crippen molar-refractivity contribution in [1.29, 1.82) is 0 Å². The summed E-state index contributed by atoms with van der Waals surface area (Å²) in [5.41, 5.74) is 2.90. The topological polar surface area (TPSA) is 186 Å². The fourth-order valence-electron chi connectivity index (χ4n) is 5.60. The molecule has 2 aromatic carbocycles. The first-order valence-electron chi connectivity index (χ1n) is 13.6. The molecule has 2 aromatic rings. The van der Waals surface area contributed by atoms with E-state index in [1.165, 1.54) is 11.1 Å². The number of hydrogen-bond donors (Lipinski definition) is 6. The second-order valence-corrected chi connectivity index (χ2v) is 10.7. The van der Waals surface area contributed by atoms with E-state index in [1.807, 2.05) is 30.3 Å². The average molecular weight is 588 g/mol. The van der Waals surface area contributed by atoms with E-state index in [0.29, 0.717) is 12.0 Å². The Morgan fingerprint density at radius 3 is 2.45 bits per heavy atom. The van der Waals surface area contributed by atoms with Crippen LogP contribution in [0.3, 0.4) is 0 Å². The zero-order valence-corrected chi connectivity index (χ0v) is 23.4. The number of carboxylic acids is 1. The van der Waals surface area contributed by atoms with E-state index in [4.69, 9.17) is 44.8 Å². The highest BCUT2D eigenvalue weighted by atomic mass is 16.6. The molecule has 2 heterocycles. The summed E-state index contributed by atoms with van der Waals surface area (Å²) in [4.78, 5) is 25.0. The first kappa shape index (κ1) is 31.4. The molecule has 2 aliphatic heterocycles. The fourth-order valence-corrected chi connectivity index (χ4v) is 5.60. The van der Waals surface area contributed by atoms with Gasteiger partial charge >= 0.3 is 11.9 Å². The van der Waals surface area contributed by atoms with Crippen molar-refractivity contribution in [2.75, 3.05) is 27.3 Å². The van der Waals surface area contributed by atoms with Crippen LogP contribution in [0.15, 0.2) is 54.6 Å². The van der Waals surface area contributed by atoms with Gasteiger partial charge in [-0.3, -0.25) is 0 Å². The van der Waals surface area contributed by atoms with Crippen LogP contribution in [0.25, 0.3) is 0 Å². The van der Waals surface area contributed by atoms with Crippen LogP contribution in [-0.2, 0) is 21.5 Å². The molecule has 228 valence electrons. The lowest BCUT2D eigenvalue weighted by molar-refractivity contribution is -0.164. The number of hydrogen-bond acceptors (Lipinski definition) is 11. The maximum atomic E-state index is 12.5. The van der Waals surface area contributed by atoms with Crippen LogP contribution in [-0.4, -0.2) is 111 Å². The molecule has 0 saturated carbocycles. The summed E-state index contributed by atoms with van der Waals surface area (Å²) in [7, 11) is 3.83. The van der Waals surface area contributed by atoms with E-state index in [-0.39, 0.29) is 23.6 Å². The van der Waals surface area contributed by atoms with Crippen molar-refractivity contribution in [3.8, 4) is 11.5 Å². The van der Waals surface area contributed by atoms with Crippen molar-refractivity contribution >= 4 is 11.9 Å². The largest absolute Gasteiger partial charge is 0.493 e. The minimum absolute atomic E-state index is 0.0716. The maximum absolute atomic E-state index is 12.5. The van der Waals surface area contributed by atoms with Gasteiger partial charge in [0.15, 0.2) is 17.6 Å². The number of aliphatic carboxylic acids is 1.